The van der Waals surface area contributed by atoms with Gasteiger partial charge in [-0.25, -0.2) is 4.98 Å². The van der Waals surface area contributed by atoms with Crippen molar-refractivity contribution in [1.82, 2.24) is 9.97 Å². The number of aromatic amines is 1. The molecule has 1 aromatic heterocycles. The Morgan fingerprint density at radius 1 is 0.760 bits per heavy atom. The fraction of sp³-hybridized carbons (Fsp3) is 0. The lowest BCUT2D eigenvalue weighted by Crippen LogP contribution is -2.02. The lowest BCUT2D eigenvalue weighted by Gasteiger charge is -2.04. The second-order valence-corrected chi connectivity index (χ2v) is 5.56. The summed E-state index contributed by atoms with van der Waals surface area (Å²) in [6.45, 7) is 0. The van der Waals surface area contributed by atoms with E-state index in [9.17, 15) is 0 Å². The van der Waals surface area contributed by atoms with Gasteiger partial charge in [0.15, 0.2) is 5.82 Å². The third-order valence-electron chi connectivity index (χ3n) is 3.84. The van der Waals surface area contributed by atoms with Crippen molar-refractivity contribution in [2.75, 3.05) is 0 Å². The van der Waals surface area contributed by atoms with E-state index in [0.717, 1.165) is 27.9 Å². The van der Waals surface area contributed by atoms with Gasteiger partial charge >= 0.3 is 0 Å². The Labute approximate surface area is 145 Å². The smallest absolute Gasteiger partial charge is 0.151 e. The molecular weight excluding hydrogens is 308 g/mol. The molecule has 4 rings (SSSR count). The molecule has 0 aliphatic rings. The van der Waals surface area contributed by atoms with Gasteiger partial charge in [-0.05, 0) is 12.1 Å². The number of nitrogens with zero attached hydrogens (tertiary/aromatic N) is 3. The highest BCUT2D eigenvalue weighted by Gasteiger charge is 2.06. The molecule has 3 aromatic carbocycles. The number of imidazole rings is 1. The summed E-state index contributed by atoms with van der Waals surface area (Å²) in [6.07, 6.45) is 1.64. The van der Waals surface area contributed by atoms with Gasteiger partial charge in [-0.2, -0.15) is 5.10 Å². The Morgan fingerprint density at radius 3 is 2.00 bits per heavy atom. The molecular formula is C21H16N4. The van der Waals surface area contributed by atoms with Gasteiger partial charge in [0.1, 0.15) is 5.71 Å². The van der Waals surface area contributed by atoms with Gasteiger partial charge in [0, 0.05) is 11.1 Å². The van der Waals surface area contributed by atoms with E-state index in [4.69, 9.17) is 0 Å². The van der Waals surface area contributed by atoms with Gasteiger partial charge in [-0.1, -0.05) is 72.8 Å². The third-order valence-corrected chi connectivity index (χ3v) is 3.84. The van der Waals surface area contributed by atoms with Crippen LogP contribution >= 0.6 is 0 Å². The maximum absolute atomic E-state index is 4.48. The zero-order chi connectivity index (χ0) is 16.9. The number of H-pyrrole nitrogens is 1. The van der Waals surface area contributed by atoms with Crippen LogP contribution in [0.4, 0.5) is 0 Å². The Hall–Kier alpha value is -3.53. The highest BCUT2D eigenvalue weighted by molar-refractivity contribution is 6.12. The fourth-order valence-corrected chi connectivity index (χ4v) is 2.65. The van der Waals surface area contributed by atoms with Crippen LogP contribution in [0, 0.1) is 0 Å². The van der Waals surface area contributed by atoms with Crippen molar-refractivity contribution in [1.29, 1.82) is 0 Å². The van der Waals surface area contributed by atoms with Gasteiger partial charge in [0.2, 0.25) is 0 Å². The van der Waals surface area contributed by atoms with Gasteiger partial charge < -0.3 is 4.98 Å². The molecule has 0 radical (unpaired) electrons. The number of para-hydroxylation sites is 2. The topological polar surface area (TPSA) is 53.4 Å². The largest absolute Gasteiger partial charge is 0.337 e. The number of fused-ring (bicyclic) bond motifs is 1. The maximum atomic E-state index is 4.48. The Bertz CT molecular complexity index is 957. The van der Waals surface area contributed by atoms with Crippen LogP contribution in [0.2, 0.25) is 0 Å². The van der Waals surface area contributed by atoms with Crippen LogP contribution in [-0.2, 0) is 0 Å². The molecule has 0 saturated carbocycles. The van der Waals surface area contributed by atoms with Crippen molar-refractivity contribution in [3.05, 3.63) is 102 Å². The minimum absolute atomic E-state index is 0.686. The molecule has 0 atom stereocenters. The van der Waals surface area contributed by atoms with Crippen molar-refractivity contribution in [2.24, 2.45) is 10.2 Å². The molecule has 120 valence electrons. The van der Waals surface area contributed by atoms with Gasteiger partial charge in [-0.15, -0.1) is 5.10 Å². The van der Waals surface area contributed by atoms with Crippen molar-refractivity contribution >= 4 is 23.0 Å². The summed E-state index contributed by atoms with van der Waals surface area (Å²) in [5.74, 6) is 0.686. The summed E-state index contributed by atoms with van der Waals surface area (Å²) in [6, 6.07) is 28.0. The fourth-order valence-electron chi connectivity index (χ4n) is 2.65. The maximum Gasteiger partial charge on any atom is 0.151 e. The minimum Gasteiger partial charge on any atom is -0.337 e. The highest BCUT2D eigenvalue weighted by Crippen LogP contribution is 2.12. The monoisotopic (exact) mass is 324 g/mol. The van der Waals surface area contributed by atoms with Crippen LogP contribution in [-0.4, -0.2) is 21.9 Å². The molecule has 0 amide bonds. The molecule has 0 aliphatic heterocycles. The number of aromatic nitrogens is 2. The van der Waals surface area contributed by atoms with E-state index < -0.39 is 0 Å². The lowest BCUT2D eigenvalue weighted by atomic mass is 10.0. The molecule has 1 heterocycles. The minimum atomic E-state index is 0.686. The van der Waals surface area contributed by atoms with Crippen LogP contribution in [0.1, 0.15) is 17.0 Å². The SMILES string of the molecule is C(=NN=C(c1ccccc1)c1ccccc1)c1nc2ccccc2[nH]1. The molecule has 25 heavy (non-hydrogen) atoms. The van der Waals surface area contributed by atoms with E-state index in [2.05, 4.69) is 20.2 Å². The highest BCUT2D eigenvalue weighted by atomic mass is 15.2. The van der Waals surface area contributed by atoms with Crippen molar-refractivity contribution < 1.29 is 0 Å². The second kappa shape index (κ2) is 6.93. The first-order chi connectivity index (χ1) is 12.4. The van der Waals surface area contributed by atoms with E-state index in [1.165, 1.54) is 0 Å². The number of hydrogen-bond acceptors (Lipinski definition) is 3. The number of benzene rings is 3. The first-order valence-corrected chi connectivity index (χ1v) is 8.07. The molecule has 0 aliphatic carbocycles. The molecule has 0 fully saturated rings. The lowest BCUT2D eigenvalue weighted by molar-refractivity contribution is 1.21. The van der Waals surface area contributed by atoms with E-state index in [1.807, 2.05) is 84.9 Å². The van der Waals surface area contributed by atoms with E-state index in [0.29, 0.717) is 5.82 Å². The zero-order valence-electron chi connectivity index (χ0n) is 13.5. The summed E-state index contributed by atoms with van der Waals surface area (Å²) in [5, 5.41) is 8.71. The Balaban J connectivity index is 1.69. The van der Waals surface area contributed by atoms with Crippen LogP contribution in [0.25, 0.3) is 11.0 Å². The quantitative estimate of drug-likeness (QED) is 0.438. The van der Waals surface area contributed by atoms with Crippen molar-refractivity contribution in [3.8, 4) is 0 Å². The van der Waals surface area contributed by atoms with Crippen LogP contribution < -0.4 is 0 Å². The molecule has 0 bridgehead atoms. The first kappa shape index (κ1) is 15.0. The first-order valence-electron chi connectivity index (χ1n) is 8.07. The Morgan fingerprint density at radius 2 is 1.36 bits per heavy atom. The molecule has 4 heteroatoms. The van der Waals surface area contributed by atoms with Crippen molar-refractivity contribution in [3.63, 3.8) is 0 Å². The predicted molar refractivity (Wildman–Crippen MR) is 102 cm³/mol. The van der Waals surface area contributed by atoms with Gasteiger partial charge in [0.25, 0.3) is 0 Å². The van der Waals surface area contributed by atoms with Crippen LogP contribution in [0.3, 0.4) is 0 Å². The molecule has 1 N–H and O–H groups in total. The molecule has 4 aromatic rings. The summed E-state index contributed by atoms with van der Waals surface area (Å²) in [5.41, 5.74) is 4.78. The summed E-state index contributed by atoms with van der Waals surface area (Å²) >= 11 is 0. The molecule has 0 unspecified atom stereocenters. The van der Waals surface area contributed by atoms with E-state index in [-0.39, 0.29) is 0 Å². The number of nitrogens with one attached hydrogen (secondary N) is 1. The van der Waals surface area contributed by atoms with Crippen LogP contribution in [0.15, 0.2) is 95.1 Å². The summed E-state index contributed by atoms with van der Waals surface area (Å²) in [7, 11) is 0. The molecule has 0 spiro atoms. The molecule has 4 nitrogen and oxygen atoms in total. The summed E-state index contributed by atoms with van der Waals surface area (Å²) < 4.78 is 0. The van der Waals surface area contributed by atoms with Gasteiger partial charge in [0.05, 0.1) is 17.2 Å². The van der Waals surface area contributed by atoms with E-state index >= 15 is 0 Å². The predicted octanol–water partition coefficient (Wildman–Crippen LogP) is 4.43. The Kier molecular flexibility index (Phi) is 4.16. The standard InChI is InChI=1S/C21H16N4/c1-3-9-16(10-4-1)21(17-11-5-2-6-12-17)25-22-15-20-23-18-13-7-8-14-19(18)24-20/h1-15H,(H,23,24). The van der Waals surface area contributed by atoms with Crippen LogP contribution in [0.5, 0.6) is 0 Å². The third kappa shape index (κ3) is 3.38. The second-order valence-electron chi connectivity index (χ2n) is 5.56. The molecule has 0 saturated heterocycles. The normalized spacial score (nSPS) is 11.0. The summed E-state index contributed by atoms with van der Waals surface area (Å²) in [4.78, 5) is 7.70. The van der Waals surface area contributed by atoms with E-state index in [1.54, 1.807) is 6.21 Å². The number of hydrogen-bond donors (Lipinski definition) is 1. The number of rotatable bonds is 4. The van der Waals surface area contributed by atoms with Gasteiger partial charge in [-0.3, -0.25) is 0 Å². The average molecular weight is 324 g/mol. The average Bonchev–Trinajstić information content (AvgIpc) is 3.09. The van der Waals surface area contributed by atoms with Crippen molar-refractivity contribution in [2.45, 2.75) is 0 Å². The zero-order valence-corrected chi connectivity index (χ0v) is 13.5.